The lowest BCUT2D eigenvalue weighted by Crippen LogP contribution is -2.29. The van der Waals surface area contributed by atoms with Gasteiger partial charge in [-0.25, -0.2) is 4.79 Å². The fraction of sp³-hybridized carbons (Fsp3) is 0.476. The van der Waals surface area contributed by atoms with Crippen LogP contribution in [0.25, 0.3) is 0 Å². The van der Waals surface area contributed by atoms with Gasteiger partial charge >= 0.3 is 5.97 Å². The molecule has 0 bridgehead atoms. The fourth-order valence-electron chi connectivity index (χ4n) is 2.86. The molecule has 0 radical (unpaired) electrons. The maximum Gasteiger partial charge on any atom is 0.339 e. The highest BCUT2D eigenvalue weighted by molar-refractivity contribution is 6.51. The minimum Gasteiger partial charge on any atom is -0.507 e. The number of rotatable bonds is 10. The number of carbonyl (C=O) groups excluding carboxylic acids is 2. The molecule has 0 heterocycles. The molecule has 0 aliphatic heterocycles. The molecule has 0 saturated heterocycles. The Bertz CT molecular complexity index is 734. The van der Waals surface area contributed by atoms with Crippen LogP contribution in [0.4, 0.5) is 0 Å². The van der Waals surface area contributed by atoms with E-state index in [-0.39, 0.29) is 24.0 Å². The molecule has 3 N–H and O–H groups in total. The molecule has 0 aromatic heterocycles. The highest BCUT2D eigenvalue weighted by Gasteiger charge is 2.36. The van der Waals surface area contributed by atoms with Crippen molar-refractivity contribution in [2.24, 2.45) is 0 Å². The van der Waals surface area contributed by atoms with Crippen molar-refractivity contribution in [2.75, 3.05) is 13.6 Å². The van der Waals surface area contributed by atoms with Gasteiger partial charge in [0.2, 0.25) is 11.6 Å². The van der Waals surface area contributed by atoms with Gasteiger partial charge in [-0.1, -0.05) is 23.3 Å². The van der Waals surface area contributed by atoms with Gasteiger partial charge in [-0.3, -0.25) is 9.59 Å². The van der Waals surface area contributed by atoms with Crippen LogP contribution in [-0.4, -0.2) is 41.3 Å². The standard InChI is InChI=1S/C21H29NO5/c1-13(2)7-5-8-14(3)10-11-16-18(23)17(21(26)27)15(9-6-12-22-4)19(24)20(16)25/h7,10,22-23H,5-6,8-9,11-12H2,1-4H3,(H,26,27)/b14-10+. The van der Waals surface area contributed by atoms with Gasteiger partial charge in [-0.05, 0) is 66.5 Å². The van der Waals surface area contributed by atoms with Crippen LogP contribution < -0.4 is 5.32 Å². The van der Waals surface area contributed by atoms with Gasteiger partial charge in [-0.2, -0.15) is 0 Å². The number of aliphatic hydroxyl groups is 1. The van der Waals surface area contributed by atoms with Crippen molar-refractivity contribution in [1.29, 1.82) is 0 Å². The molecule has 27 heavy (non-hydrogen) atoms. The number of aliphatic carboxylic acids is 1. The third-order valence-electron chi connectivity index (χ3n) is 4.39. The Morgan fingerprint density at radius 2 is 1.70 bits per heavy atom. The molecular weight excluding hydrogens is 346 g/mol. The number of hydrogen-bond donors (Lipinski definition) is 3. The number of aliphatic hydroxyl groups excluding tert-OH is 1. The van der Waals surface area contributed by atoms with Crippen molar-refractivity contribution >= 4 is 17.5 Å². The summed E-state index contributed by atoms with van der Waals surface area (Å²) in [6, 6.07) is 0. The third kappa shape index (κ3) is 6.32. The molecule has 6 heteroatoms. The quantitative estimate of drug-likeness (QED) is 0.234. The number of hydrogen-bond acceptors (Lipinski definition) is 5. The number of carboxylic acids is 1. The molecule has 6 nitrogen and oxygen atoms in total. The zero-order valence-electron chi connectivity index (χ0n) is 16.5. The predicted octanol–water partition coefficient (Wildman–Crippen LogP) is 3.41. The first-order chi connectivity index (χ1) is 12.7. The summed E-state index contributed by atoms with van der Waals surface area (Å²) in [5.74, 6) is -3.62. The summed E-state index contributed by atoms with van der Waals surface area (Å²) in [6.07, 6.45) is 6.18. The normalized spacial score (nSPS) is 15.5. The second-order valence-corrected chi connectivity index (χ2v) is 6.93. The van der Waals surface area contributed by atoms with Crippen LogP contribution in [0.1, 0.15) is 52.9 Å². The molecule has 0 unspecified atom stereocenters. The van der Waals surface area contributed by atoms with Gasteiger partial charge in [0.05, 0.1) is 5.57 Å². The average Bonchev–Trinajstić information content (AvgIpc) is 2.58. The highest BCUT2D eigenvalue weighted by Crippen LogP contribution is 2.30. The first-order valence-electron chi connectivity index (χ1n) is 9.12. The van der Waals surface area contributed by atoms with E-state index in [1.165, 1.54) is 5.57 Å². The van der Waals surface area contributed by atoms with E-state index in [2.05, 4.69) is 11.4 Å². The Hall–Kier alpha value is -2.47. The SMILES string of the molecule is CNCCCC1=C(C(=O)O)C(O)=C(C/C=C(\C)CCC=C(C)C)C(=O)C1=O. The summed E-state index contributed by atoms with van der Waals surface area (Å²) in [5.41, 5.74) is 1.53. The molecule has 1 rings (SSSR count). The van der Waals surface area contributed by atoms with E-state index < -0.39 is 28.9 Å². The predicted molar refractivity (Wildman–Crippen MR) is 105 cm³/mol. The molecule has 0 fully saturated rings. The van der Waals surface area contributed by atoms with Gasteiger partial charge in [0, 0.05) is 5.57 Å². The van der Waals surface area contributed by atoms with Crippen molar-refractivity contribution < 1.29 is 24.6 Å². The molecule has 1 aliphatic carbocycles. The zero-order valence-corrected chi connectivity index (χ0v) is 16.5. The summed E-state index contributed by atoms with van der Waals surface area (Å²) in [7, 11) is 1.74. The van der Waals surface area contributed by atoms with E-state index in [1.807, 2.05) is 20.8 Å². The maximum atomic E-state index is 12.4. The van der Waals surface area contributed by atoms with Gasteiger partial charge in [0.15, 0.2) is 0 Å². The van der Waals surface area contributed by atoms with E-state index >= 15 is 0 Å². The van der Waals surface area contributed by atoms with E-state index in [4.69, 9.17) is 0 Å². The Morgan fingerprint density at radius 3 is 2.26 bits per heavy atom. The number of allylic oxidation sites excluding steroid dienone is 6. The number of ketones is 2. The van der Waals surface area contributed by atoms with Crippen LogP contribution in [0.3, 0.4) is 0 Å². The van der Waals surface area contributed by atoms with Gasteiger partial charge < -0.3 is 15.5 Å². The number of Topliss-reactive ketones (excluding diaryl/α,β-unsaturated/α-hetero) is 2. The van der Waals surface area contributed by atoms with Crippen molar-refractivity contribution in [3.8, 4) is 0 Å². The minimum atomic E-state index is -1.39. The van der Waals surface area contributed by atoms with Crippen molar-refractivity contribution in [3.05, 3.63) is 45.8 Å². The van der Waals surface area contributed by atoms with E-state index in [0.29, 0.717) is 13.0 Å². The highest BCUT2D eigenvalue weighted by atomic mass is 16.4. The van der Waals surface area contributed by atoms with Crippen molar-refractivity contribution in [2.45, 2.75) is 52.9 Å². The van der Waals surface area contributed by atoms with Crippen LogP contribution in [-0.2, 0) is 14.4 Å². The number of carbonyl (C=O) groups is 3. The Morgan fingerprint density at radius 1 is 1.07 bits per heavy atom. The largest absolute Gasteiger partial charge is 0.507 e. The average molecular weight is 375 g/mol. The van der Waals surface area contributed by atoms with Crippen LogP contribution in [0.2, 0.25) is 0 Å². The molecule has 0 saturated carbocycles. The van der Waals surface area contributed by atoms with Crippen LogP contribution >= 0.6 is 0 Å². The lowest BCUT2D eigenvalue weighted by molar-refractivity contribution is -0.135. The number of nitrogens with one attached hydrogen (secondary N) is 1. The van der Waals surface area contributed by atoms with E-state index in [9.17, 15) is 24.6 Å². The Balaban J connectivity index is 3.11. The van der Waals surface area contributed by atoms with Crippen molar-refractivity contribution in [1.82, 2.24) is 5.32 Å². The maximum absolute atomic E-state index is 12.4. The summed E-state index contributed by atoms with van der Waals surface area (Å²) in [5, 5.41) is 22.7. The Kier molecular flexibility index (Phi) is 8.88. The second-order valence-electron chi connectivity index (χ2n) is 6.93. The minimum absolute atomic E-state index is 0.0393. The van der Waals surface area contributed by atoms with Crippen LogP contribution in [0, 0.1) is 0 Å². The summed E-state index contributed by atoms with van der Waals surface area (Å²) < 4.78 is 0. The van der Waals surface area contributed by atoms with Crippen LogP contribution in [0.5, 0.6) is 0 Å². The van der Waals surface area contributed by atoms with Gasteiger partial charge in [0.1, 0.15) is 11.3 Å². The zero-order chi connectivity index (χ0) is 20.6. The van der Waals surface area contributed by atoms with E-state index in [0.717, 1.165) is 18.4 Å². The molecule has 0 aromatic carbocycles. The van der Waals surface area contributed by atoms with Crippen molar-refractivity contribution in [3.63, 3.8) is 0 Å². The fourth-order valence-corrected chi connectivity index (χ4v) is 2.86. The second kappa shape index (κ2) is 10.6. The lowest BCUT2D eigenvalue weighted by Gasteiger charge is -2.19. The molecule has 148 valence electrons. The van der Waals surface area contributed by atoms with Crippen LogP contribution in [0.15, 0.2) is 45.8 Å². The molecule has 1 aliphatic rings. The summed E-state index contributed by atoms with van der Waals surface area (Å²) >= 11 is 0. The smallest absolute Gasteiger partial charge is 0.339 e. The first kappa shape index (κ1) is 22.6. The number of carboxylic acid groups (broad SMARTS) is 1. The lowest BCUT2D eigenvalue weighted by atomic mass is 9.84. The van der Waals surface area contributed by atoms with Gasteiger partial charge in [-0.15, -0.1) is 0 Å². The molecular formula is C21H29NO5. The summed E-state index contributed by atoms with van der Waals surface area (Å²) in [4.78, 5) is 36.4. The van der Waals surface area contributed by atoms with E-state index in [1.54, 1.807) is 13.1 Å². The molecule has 0 spiro atoms. The summed E-state index contributed by atoms with van der Waals surface area (Å²) in [6.45, 7) is 6.51. The van der Waals surface area contributed by atoms with Gasteiger partial charge in [0.25, 0.3) is 0 Å². The first-order valence-corrected chi connectivity index (χ1v) is 9.12. The third-order valence-corrected chi connectivity index (χ3v) is 4.39. The molecule has 0 aromatic rings. The Labute approximate surface area is 160 Å². The topological polar surface area (TPSA) is 104 Å². The molecule has 0 atom stereocenters. The molecule has 0 amide bonds. The monoisotopic (exact) mass is 375 g/mol.